The van der Waals surface area contributed by atoms with Crippen LogP contribution < -0.4 is 0 Å². The molecule has 0 unspecified atom stereocenters. The second kappa shape index (κ2) is 6.91. The summed E-state index contributed by atoms with van der Waals surface area (Å²) < 4.78 is 6.10. The summed E-state index contributed by atoms with van der Waals surface area (Å²) >= 11 is 2.12. The third kappa shape index (κ3) is 3.59. The van der Waals surface area contributed by atoms with Crippen LogP contribution >= 0.6 is 22.6 Å². The van der Waals surface area contributed by atoms with E-state index in [0.717, 1.165) is 14.3 Å². The fourth-order valence-electron chi connectivity index (χ4n) is 2.38. The quantitative estimate of drug-likeness (QED) is 0.358. The molecule has 0 aromatic heterocycles. The molecule has 3 nitrogen and oxygen atoms in total. The number of ketones is 1. The zero-order valence-corrected chi connectivity index (χ0v) is 14.3. The first kappa shape index (κ1) is 15.7. The van der Waals surface area contributed by atoms with E-state index < -0.39 is 5.97 Å². The molecule has 0 aliphatic carbocycles. The Bertz CT molecular complexity index is 881. The summed E-state index contributed by atoms with van der Waals surface area (Å²) in [5.41, 5.74) is 1.01. The lowest BCUT2D eigenvalue weighted by Crippen LogP contribution is -2.14. The smallest absolute Gasteiger partial charge is 0.338 e. The Hall–Kier alpha value is -2.21. The van der Waals surface area contributed by atoms with E-state index in [-0.39, 0.29) is 12.4 Å². The Morgan fingerprint density at radius 3 is 2.48 bits per heavy atom. The number of rotatable bonds is 4. The minimum absolute atomic E-state index is 0.208. The van der Waals surface area contributed by atoms with E-state index >= 15 is 0 Å². The molecular formula is C19H13IO3. The van der Waals surface area contributed by atoms with E-state index in [1.54, 1.807) is 24.3 Å². The second-order valence-corrected chi connectivity index (χ2v) is 6.28. The summed E-state index contributed by atoms with van der Waals surface area (Å²) in [4.78, 5) is 24.4. The van der Waals surface area contributed by atoms with Crippen LogP contribution in [-0.4, -0.2) is 18.4 Å². The van der Waals surface area contributed by atoms with Crippen molar-refractivity contribution in [1.82, 2.24) is 0 Å². The van der Waals surface area contributed by atoms with Gasteiger partial charge in [0.25, 0.3) is 0 Å². The SMILES string of the molecule is O=C(OCC(=O)c1cccc2ccccc12)c1cccc(I)c1. The lowest BCUT2D eigenvalue weighted by Gasteiger charge is -2.07. The fraction of sp³-hybridized carbons (Fsp3) is 0.0526. The normalized spacial score (nSPS) is 10.5. The van der Waals surface area contributed by atoms with Crippen LogP contribution in [0.1, 0.15) is 20.7 Å². The minimum atomic E-state index is -0.489. The van der Waals surface area contributed by atoms with Crippen LogP contribution in [0.3, 0.4) is 0 Å². The van der Waals surface area contributed by atoms with Crippen LogP contribution in [0, 0.1) is 3.57 Å². The van der Waals surface area contributed by atoms with E-state index in [4.69, 9.17) is 4.74 Å². The maximum absolute atomic E-state index is 12.4. The summed E-state index contributed by atoms with van der Waals surface area (Å²) in [5.74, 6) is -0.696. The van der Waals surface area contributed by atoms with Crippen molar-refractivity contribution >= 4 is 45.1 Å². The lowest BCUT2D eigenvalue weighted by molar-refractivity contribution is 0.0475. The van der Waals surface area contributed by atoms with Gasteiger partial charge in [0, 0.05) is 9.13 Å². The Kier molecular flexibility index (Phi) is 4.71. The van der Waals surface area contributed by atoms with E-state index in [1.807, 2.05) is 42.5 Å². The Balaban J connectivity index is 1.75. The number of esters is 1. The van der Waals surface area contributed by atoms with Gasteiger partial charge in [-0.15, -0.1) is 0 Å². The molecular weight excluding hydrogens is 403 g/mol. The highest BCUT2D eigenvalue weighted by Gasteiger charge is 2.14. The summed E-state index contributed by atoms with van der Waals surface area (Å²) in [5, 5.41) is 1.85. The highest BCUT2D eigenvalue weighted by molar-refractivity contribution is 14.1. The molecule has 23 heavy (non-hydrogen) atoms. The number of carbonyl (C=O) groups is 2. The van der Waals surface area contributed by atoms with Gasteiger partial charge in [0.1, 0.15) is 0 Å². The number of hydrogen-bond acceptors (Lipinski definition) is 3. The first-order valence-corrected chi connectivity index (χ1v) is 8.17. The number of benzene rings is 3. The van der Waals surface area contributed by atoms with Gasteiger partial charge in [0.2, 0.25) is 5.78 Å². The van der Waals surface area contributed by atoms with Crippen molar-refractivity contribution in [3.63, 3.8) is 0 Å². The zero-order valence-electron chi connectivity index (χ0n) is 12.2. The average molecular weight is 416 g/mol. The van der Waals surface area contributed by atoms with Gasteiger partial charge in [0.15, 0.2) is 6.61 Å². The standard InChI is InChI=1S/C19H13IO3/c20-15-8-3-7-14(11-15)19(22)23-12-18(21)17-10-4-6-13-5-1-2-9-16(13)17/h1-11H,12H2. The Labute approximate surface area is 147 Å². The number of fused-ring (bicyclic) bond motifs is 1. The van der Waals surface area contributed by atoms with E-state index in [1.165, 1.54) is 0 Å². The van der Waals surface area contributed by atoms with Crippen molar-refractivity contribution < 1.29 is 14.3 Å². The van der Waals surface area contributed by atoms with Crippen molar-refractivity contribution in [2.75, 3.05) is 6.61 Å². The van der Waals surface area contributed by atoms with Crippen LogP contribution in [-0.2, 0) is 4.74 Å². The van der Waals surface area contributed by atoms with Crippen LogP contribution in [0.4, 0.5) is 0 Å². The number of hydrogen-bond donors (Lipinski definition) is 0. The Morgan fingerprint density at radius 2 is 1.65 bits per heavy atom. The largest absolute Gasteiger partial charge is 0.454 e. The van der Waals surface area contributed by atoms with Crippen LogP contribution in [0.2, 0.25) is 0 Å². The summed E-state index contributed by atoms with van der Waals surface area (Å²) in [6, 6.07) is 20.3. The molecule has 0 bridgehead atoms. The topological polar surface area (TPSA) is 43.4 Å². The van der Waals surface area contributed by atoms with Gasteiger partial charge in [-0.3, -0.25) is 4.79 Å². The van der Waals surface area contributed by atoms with Crippen LogP contribution in [0.15, 0.2) is 66.7 Å². The van der Waals surface area contributed by atoms with Crippen molar-refractivity contribution in [2.45, 2.75) is 0 Å². The van der Waals surface area contributed by atoms with Gasteiger partial charge >= 0.3 is 5.97 Å². The molecule has 0 aliphatic rings. The predicted molar refractivity (Wildman–Crippen MR) is 97.7 cm³/mol. The van der Waals surface area contributed by atoms with Gasteiger partial charge in [-0.05, 0) is 51.6 Å². The average Bonchev–Trinajstić information content (AvgIpc) is 2.59. The molecule has 114 valence electrons. The monoisotopic (exact) mass is 416 g/mol. The lowest BCUT2D eigenvalue weighted by atomic mass is 10.0. The first-order valence-electron chi connectivity index (χ1n) is 7.09. The highest BCUT2D eigenvalue weighted by Crippen LogP contribution is 2.19. The predicted octanol–water partition coefficient (Wildman–Crippen LogP) is 4.48. The molecule has 0 saturated carbocycles. The summed E-state index contributed by atoms with van der Waals surface area (Å²) in [6.45, 7) is -0.266. The molecule has 0 saturated heterocycles. The number of ether oxygens (including phenoxy) is 1. The number of halogens is 1. The molecule has 0 atom stereocenters. The molecule has 0 heterocycles. The van der Waals surface area contributed by atoms with Crippen molar-refractivity contribution in [2.24, 2.45) is 0 Å². The van der Waals surface area contributed by atoms with Gasteiger partial charge in [0.05, 0.1) is 5.56 Å². The molecule has 0 fully saturated rings. The number of Topliss-reactive ketones (excluding diaryl/α,β-unsaturated/α-hetero) is 1. The second-order valence-electron chi connectivity index (χ2n) is 5.04. The third-order valence-electron chi connectivity index (χ3n) is 3.48. The molecule has 3 aromatic rings. The molecule has 3 rings (SSSR count). The fourth-order valence-corrected chi connectivity index (χ4v) is 2.92. The third-order valence-corrected chi connectivity index (χ3v) is 4.16. The highest BCUT2D eigenvalue weighted by atomic mass is 127. The van der Waals surface area contributed by atoms with Gasteiger partial charge in [-0.25, -0.2) is 4.79 Å². The van der Waals surface area contributed by atoms with E-state index in [2.05, 4.69) is 22.6 Å². The molecule has 0 radical (unpaired) electrons. The van der Waals surface area contributed by atoms with Crippen molar-refractivity contribution in [1.29, 1.82) is 0 Å². The molecule has 0 amide bonds. The molecule has 0 aliphatic heterocycles. The molecule has 0 N–H and O–H groups in total. The summed E-state index contributed by atoms with van der Waals surface area (Å²) in [7, 11) is 0. The van der Waals surface area contributed by atoms with E-state index in [9.17, 15) is 9.59 Å². The Morgan fingerprint density at radius 1 is 0.913 bits per heavy atom. The zero-order chi connectivity index (χ0) is 16.2. The van der Waals surface area contributed by atoms with E-state index in [0.29, 0.717) is 11.1 Å². The van der Waals surface area contributed by atoms with Gasteiger partial charge < -0.3 is 4.74 Å². The summed E-state index contributed by atoms with van der Waals surface area (Å²) in [6.07, 6.45) is 0. The van der Waals surface area contributed by atoms with Crippen LogP contribution in [0.5, 0.6) is 0 Å². The maximum atomic E-state index is 12.4. The molecule has 3 aromatic carbocycles. The van der Waals surface area contributed by atoms with Gasteiger partial charge in [-0.1, -0.05) is 48.5 Å². The maximum Gasteiger partial charge on any atom is 0.338 e. The van der Waals surface area contributed by atoms with Gasteiger partial charge in [-0.2, -0.15) is 0 Å². The molecule has 4 heteroatoms. The first-order chi connectivity index (χ1) is 11.1. The minimum Gasteiger partial charge on any atom is -0.454 e. The van der Waals surface area contributed by atoms with Crippen molar-refractivity contribution in [3.8, 4) is 0 Å². The van der Waals surface area contributed by atoms with Crippen molar-refractivity contribution in [3.05, 3.63) is 81.4 Å². The molecule has 0 spiro atoms. The van der Waals surface area contributed by atoms with Crippen LogP contribution in [0.25, 0.3) is 10.8 Å². The number of carbonyl (C=O) groups excluding carboxylic acids is 2.